The van der Waals surface area contributed by atoms with Gasteiger partial charge in [0.15, 0.2) is 5.44 Å². The Bertz CT molecular complexity index is 185. The van der Waals surface area contributed by atoms with Gasteiger partial charge in [-0.1, -0.05) is 0 Å². The molecule has 2 atom stereocenters. The topological polar surface area (TPSA) is 72.7 Å². The molecule has 5 heteroatoms. The monoisotopic (exact) mass is 137 g/mol. The van der Waals surface area contributed by atoms with Gasteiger partial charge >= 0.3 is 0 Å². The van der Waals surface area contributed by atoms with E-state index in [1.165, 1.54) is 0 Å². The van der Waals surface area contributed by atoms with Crippen molar-refractivity contribution in [3.8, 4) is 0 Å². The van der Waals surface area contributed by atoms with E-state index in [2.05, 4.69) is 9.88 Å². The van der Waals surface area contributed by atoms with Crippen LogP contribution >= 0.6 is 0 Å². The molecule has 0 aromatic carbocycles. The van der Waals surface area contributed by atoms with Gasteiger partial charge in [0.25, 0.3) is 0 Å². The number of rotatable bonds is 1. The Kier molecular flexibility index (Phi) is 1.07. The molecule has 0 aromatic heterocycles. The van der Waals surface area contributed by atoms with E-state index in [9.17, 15) is 8.42 Å². The van der Waals surface area contributed by atoms with Crippen LogP contribution in [0.2, 0.25) is 0 Å². The van der Waals surface area contributed by atoms with E-state index >= 15 is 0 Å². The van der Waals surface area contributed by atoms with Gasteiger partial charge in [0.1, 0.15) is 0 Å². The molecule has 1 aliphatic heterocycles. The van der Waals surface area contributed by atoms with E-state index in [0.29, 0.717) is 0 Å². The molecule has 0 spiro atoms. The maximum absolute atomic E-state index is 10.3. The third-order valence-electron chi connectivity index (χ3n) is 0.979. The fourth-order valence-corrected chi connectivity index (χ4v) is 1.38. The maximum Gasteiger partial charge on any atom is 0.238 e. The van der Waals surface area contributed by atoms with Crippen LogP contribution < -0.4 is 5.14 Å². The van der Waals surface area contributed by atoms with Gasteiger partial charge in [-0.25, -0.2) is 13.6 Å². The predicted molar refractivity (Wildman–Crippen MR) is 27.4 cm³/mol. The van der Waals surface area contributed by atoms with Crippen molar-refractivity contribution in [2.75, 3.05) is 0 Å². The molecule has 4 nitrogen and oxygen atoms in total. The normalized spacial score (nSPS) is 37.2. The number of hydrogen-bond acceptors (Lipinski definition) is 3. The first-order valence-corrected chi connectivity index (χ1v) is 3.80. The lowest BCUT2D eigenvalue weighted by molar-refractivity contribution is 0.405. The summed E-state index contributed by atoms with van der Waals surface area (Å²) < 4.78 is 25.1. The minimum absolute atomic E-state index is 0.204. The van der Waals surface area contributed by atoms with Gasteiger partial charge in [-0.15, -0.1) is 0 Å². The lowest BCUT2D eigenvalue weighted by Gasteiger charge is -1.83. The smallest absolute Gasteiger partial charge is 0.238 e. The fourth-order valence-electron chi connectivity index (χ4n) is 0.511. The summed E-state index contributed by atoms with van der Waals surface area (Å²) in [7, 11) is -3.40. The van der Waals surface area contributed by atoms with Crippen LogP contribution in [0.25, 0.3) is 0 Å². The van der Waals surface area contributed by atoms with Crippen molar-refractivity contribution in [2.45, 2.75) is 18.5 Å². The molecule has 2 N–H and O–H groups in total. The average Bonchev–Trinajstić information content (AvgIpc) is 2.13. The van der Waals surface area contributed by atoms with Gasteiger partial charge in [-0.05, 0) is 6.92 Å². The zero-order valence-electron chi connectivity index (χ0n) is 4.37. The van der Waals surface area contributed by atoms with Crippen molar-refractivity contribution in [3.63, 3.8) is 0 Å². The first-order valence-electron chi connectivity index (χ1n) is 2.19. The van der Waals surface area contributed by atoms with E-state index < -0.39 is 15.5 Å². The Morgan fingerprint density at radius 2 is 2.00 bits per heavy atom. The molecular formula is C3H7NO3S. The number of hydrogen-bond donors (Lipinski definition) is 1. The molecule has 0 amide bonds. The van der Waals surface area contributed by atoms with Gasteiger partial charge in [0, 0.05) is 0 Å². The Hall–Kier alpha value is -0.130. The highest BCUT2D eigenvalue weighted by Gasteiger charge is 2.43. The first-order chi connectivity index (χ1) is 3.52. The van der Waals surface area contributed by atoms with Gasteiger partial charge in [-0.3, -0.25) is 0 Å². The predicted octanol–water partition coefficient (Wildman–Crippen LogP) is -0.980. The van der Waals surface area contributed by atoms with Gasteiger partial charge in [0.2, 0.25) is 10.0 Å². The SMILES string of the molecule is C[C@H]1O[C@H]1S(N)(=O)=O. The molecule has 0 saturated carbocycles. The minimum Gasteiger partial charge on any atom is -0.351 e. The first kappa shape index (κ1) is 6.00. The van der Waals surface area contributed by atoms with Crippen LogP contribution in [-0.2, 0) is 14.8 Å². The fraction of sp³-hybridized carbons (Fsp3) is 1.00. The zero-order valence-corrected chi connectivity index (χ0v) is 5.18. The van der Waals surface area contributed by atoms with Gasteiger partial charge in [-0.2, -0.15) is 0 Å². The highest BCUT2D eigenvalue weighted by Crippen LogP contribution is 2.23. The Labute approximate surface area is 47.7 Å². The summed E-state index contributed by atoms with van der Waals surface area (Å²) in [5.41, 5.74) is -0.734. The van der Waals surface area contributed by atoms with Crippen LogP contribution in [0.4, 0.5) is 0 Å². The van der Waals surface area contributed by atoms with E-state index in [4.69, 9.17) is 0 Å². The van der Waals surface area contributed by atoms with Crippen LogP contribution in [0.5, 0.6) is 0 Å². The minimum atomic E-state index is -3.40. The molecule has 0 radical (unpaired) electrons. The van der Waals surface area contributed by atoms with Crippen LogP contribution in [0.3, 0.4) is 0 Å². The molecule has 1 aliphatic rings. The summed E-state index contributed by atoms with van der Waals surface area (Å²) in [6, 6.07) is 0. The van der Waals surface area contributed by atoms with Crippen molar-refractivity contribution in [2.24, 2.45) is 5.14 Å². The Morgan fingerprint density at radius 1 is 1.62 bits per heavy atom. The number of nitrogens with two attached hydrogens (primary N) is 1. The van der Waals surface area contributed by atoms with E-state index in [1.807, 2.05) is 0 Å². The summed E-state index contributed by atoms with van der Waals surface area (Å²) in [5, 5.41) is 4.68. The van der Waals surface area contributed by atoms with E-state index in [-0.39, 0.29) is 6.10 Å². The molecule has 0 aliphatic carbocycles. The van der Waals surface area contributed by atoms with Gasteiger partial charge in [0.05, 0.1) is 6.10 Å². The number of primary sulfonamides is 1. The van der Waals surface area contributed by atoms with E-state index in [0.717, 1.165) is 0 Å². The lowest BCUT2D eigenvalue weighted by Crippen LogP contribution is -2.19. The molecule has 0 unspecified atom stereocenters. The summed E-state index contributed by atoms with van der Waals surface area (Å²) >= 11 is 0. The van der Waals surface area contributed by atoms with Crippen molar-refractivity contribution in [1.29, 1.82) is 0 Å². The molecule has 1 heterocycles. The molecule has 8 heavy (non-hydrogen) atoms. The summed E-state index contributed by atoms with van der Waals surface area (Å²) in [4.78, 5) is 0. The van der Waals surface area contributed by atoms with Crippen LogP contribution in [0.15, 0.2) is 0 Å². The molecule has 0 aromatic rings. The van der Waals surface area contributed by atoms with Crippen LogP contribution in [0, 0.1) is 0 Å². The summed E-state index contributed by atoms with van der Waals surface area (Å²) in [6.45, 7) is 1.66. The number of epoxide rings is 1. The second-order valence-corrected chi connectivity index (χ2v) is 3.44. The molecule has 1 saturated heterocycles. The standard InChI is InChI=1S/C3H7NO3S/c1-2-3(7-2)8(4,5)6/h2-3H,1H3,(H2,4,5,6)/t2-,3+/m1/s1. The molecule has 1 rings (SSSR count). The third kappa shape index (κ3) is 0.988. The van der Waals surface area contributed by atoms with Crippen molar-refractivity contribution >= 4 is 10.0 Å². The summed E-state index contributed by atoms with van der Waals surface area (Å²) in [6.07, 6.45) is -0.204. The second-order valence-electron chi connectivity index (χ2n) is 1.80. The summed E-state index contributed by atoms with van der Waals surface area (Å²) in [5.74, 6) is 0. The maximum atomic E-state index is 10.3. The second kappa shape index (κ2) is 1.43. The number of ether oxygens (including phenoxy) is 1. The zero-order chi connectivity index (χ0) is 6.36. The Morgan fingerprint density at radius 3 is 2.00 bits per heavy atom. The quantitative estimate of drug-likeness (QED) is 0.472. The molecule has 1 fully saturated rings. The highest BCUT2D eigenvalue weighted by molar-refractivity contribution is 7.89. The Balaban J connectivity index is 2.66. The third-order valence-corrected chi connectivity index (χ3v) is 2.12. The lowest BCUT2D eigenvalue weighted by atomic mass is 10.6. The van der Waals surface area contributed by atoms with E-state index in [1.54, 1.807) is 6.92 Å². The van der Waals surface area contributed by atoms with Crippen molar-refractivity contribution < 1.29 is 13.2 Å². The average molecular weight is 137 g/mol. The van der Waals surface area contributed by atoms with Crippen molar-refractivity contribution in [1.82, 2.24) is 0 Å². The van der Waals surface area contributed by atoms with Crippen LogP contribution in [0.1, 0.15) is 6.92 Å². The largest absolute Gasteiger partial charge is 0.351 e. The molecule has 48 valence electrons. The van der Waals surface area contributed by atoms with Crippen molar-refractivity contribution in [3.05, 3.63) is 0 Å². The van der Waals surface area contributed by atoms with Crippen LogP contribution in [-0.4, -0.2) is 20.0 Å². The molecule has 0 bridgehead atoms. The molecular weight excluding hydrogens is 130 g/mol. The highest BCUT2D eigenvalue weighted by atomic mass is 32.2. The van der Waals surface area contributed by atoms with Gasteiger partial charge < -0.3 is 4.74 Å². The number of sulfonamides is 1.